The molecule has 0 radical (unpaired) electrons. The summed E-state index contributed by atoms with van der Waals surface area (Å²) in [6.45, 7) is 0.683. The molecular weight excluding hydrogens is 266 g/mol. The van der Waals surface area contributed by atoms with Crippen LogP contribution in [0.15, 0.2) is 36.7 Å². The van der Waals surface area contributed by atoms with Gasteiger partial charge in [-0.3, -0.25) is 0 Å². The van der Waals surface area contributed by atoms with Gasteiger partial charge in [-0.05, 0) is 24.1 Å². The molecule has 0 aliphatic heterocycles. The van der Waals surface area contributed by atoms with E-state index in [2.05, 4.69) is 15.3 Å². The van der Waals surface area contributed by atoms with Crippen molar-refractivity contribution in [1.29, 1.82) is 0 Å². The van der Waals surface area contributed by atoms with Gasteiger partial charge in [0.25, 0.3) is 0 Å². The lowest BCUT2D eigenvalue weighted by Crippen LogP contribution is -2.08. The van der Waals surface area contributed by atoms with Crippen LogP contribution < -0.4 is 5.32 Å². The molecule has 1 aromatic carbocycles. The number of hydrogen-bond donors (Lipinski definition) is 2. The van der Waals surface area contributed by atoms with Crippen molar-refractivity contribution in [2.24, 2.45) is 0 Å². The molecule has 1 heterocycles. The summed E-state index contributed by atoms with van der Waals surface area (Å²) in [6.07, 6.45) is 3.46. The highest BCUT2D eigenvalue weighted by atomic mass is 35.5. The van der Waals surface area contributed by atoms with E-state index in [0.717, 1.165) is 12.0 Å². The molecule has 0 unspecified atom stereocenters. The van der Waals surface area contributed by atoms with Crippen LogP contribution in [0.3, 0.4) is 0 Å². The van der Waals surface area contributed by atoms with E-state index >= 15 is 0 Å². The number of carboxylic acid groups (broad SMARTS) is 1. The number of aromatic carboxylic acids is 1. The van der Waals surface area contributed by atoms with Gasteiger partial charge in [0.1, 0.15) is 5.82 Å². The molecule has 0 aliphatic rings. The molecule has 6 heteroatoms. The maximum Gasteiger partial charge on any atom is 0.356 e. The van der Waals surface area contributed by atoms with E-state index < -0.39 is 5.97 Å². The second-order valence-corrected chi connectivity index (χ2v) is 4.33. The Labute approximate surface area is 115 Å². The first kappa shape index (κ1) is 13.3. The lowest BCUT2D eigenvalue weighted by Gasteiger charge is -2.05. The Morgan fingerprint density at radius 2 is 1.95 bits per heavy atom. The normalized spacial score (nSPS) is 10.2. The summed E-state index contributed by atoms with van der Waals surface area (Å²) in [7, 11) is 0. The molecule has 2 rings (SSSR count). The van der Waals surface area contributed by atoms with Crippen molar-refractivity contribution < 1.29 is 9.90 Å². The Balaban J connectivity index is 1.85. The number of nitrogens with zero attached hydrogens (tertiary/aromatic N) is 2. The standard InChI is InChI=1S/C13H12ClN3O2/c14-10-3-1-9(2-4-10)5-6-15-12-8-16-11(7-17-12)13(18)19/h1-4,7-8H,5-6H2,(H,15,17)(H,18,19). The second kappa shape index (κ2) is 6.15. The first-order valence-electron chi connectivity index (χ1n) is 5.69. The number of nitrogens with one attached hydrogen (secondary N) is 1. The maximum atomic E-state index is 10.6. The predicted molar refractivity (Wildman–Crippen MR) is 72.6 cm³/mol. The van der Waals surface area contributed by atoms with E-state index in [1.807, 2.05) is 24.3 Å². The fourth-order valence-corrected chi connectivity index (χ4v) is 1.64. The quantitative estimate of drug-likeness (QED) is 0.878. The molecule has 0 aliphatic carbocycles. The van der Waals surface area contributed by atoms with Gasteiger partial charge in [0.2, 0.25) is 0 Å². The van der Waals surface area contributed by atoms with Crippen molar-refractivity contribution in [2.45, 2.75) is 6.42 Å². The highest BCUT2D eigenvalue weighted by Crippen LogP contribution is 2.10. The van der Waals surface area contributed by atoms with Crippen LogP contribution >= 0.6 is 11.6 Å². The number of carbonyl (C=O) groups is 1. The van der Waals surface area contributed by atoms with Crippen LogP contribution in [0.2, 0.25) is 5.02 Å². The topological polar surface area (TPSA) is 75.1 Å². The molecule has 0 saturated heterocycles. The summed E-state index contributed by atoms with van der Waals surface area (Å²) in [6, 6.07) is 7.61. The largest absolute Gasteiger partial charge is 0.476 e. The summed E-state index contributed by atoms with van der Waals surface area (Å²) in [5.74, 6) is -0.529. The fraction of sp³-hybridized carbons (Fsp3) is 0.154. The lowest BCUT2D eigenvalue weighted by atomic mass is 10.1. The van der Waals surface area contributed by atoms with Gasteiger partial charge < -0.3 is 10.4 Å². The zero-order chi connectivity index (χ0) is 13.7. The molecule has 0 bridgehead atoms. The smallest absolute Gasteiger partial charge is 0.356 e. The number of carboxylic acids is 1. The lowest BCUT2D eigenvalue weighted by molar-refractivity contribution is 0.0690. The summed E-state index contributed by atoms with van der Waals surface area (Å²) in [4.78, 5) is 18.3. The summed E-state index contributed by atoms with van der Waals surface area (Å²) < 4.78 is 0. The fourth-order valence-electron chi connectivity index (χ4n) is 1.52. The molecule has 0 saturated carbocycles. The molecule has 0 fully saturated rings. The first-order chi connectivity index (χ1) is 9.15. The summed E-state index contributed by atoms with van der Waals surface area (Å²) in [5.41, 5.74) is 1.09. The summed E-state index contributed by atoms with van der Waals surface area (Å²) in [5, 5.41) is 12.5. The SMILES string of the molecule is O=C(O)c1cnc(NCCc2ccc(Cl)cc2)cn1. The third-order valence-corrected chi connectivity index (χ3v) is 2.76. The van der Waals surface area contributed by atoms with Gasteiger partial charge >= 0.3 is 5.97 Å². The van der Waals surface area contributed by atoms with E-state index in [1.54, 1.807) is 0 Å². The van der Waals surface area contributed by atoms with E-state index in [1.165, 1.54) is 12.4 Å². The van der Waals surface area contributed by atoms with Crippen LogP contribution in [0.5, 0.6) is 0 Å². The maximum absolute atomic E-state index is 10.6. The number of anilines is 1. The second-order valence-electron chi connectivity index (χ2n) is 3.90. The van der Waals surface area contributed by atoms with E-state index in [0.29, 0.717) is 17.4 Å². The van der Waals surface area contributed by atoms with Crippen molar-refractivity contribution in [3.05, 3.63) is 52.9 Å². The minimum Gasteiger partial charge on any atom is -0.476 e. The van der Waals surface area contributed by atoms with Crippen LogP contribution in [0, 0.1) is 0 Å². The number of benzene rings is 1. The van der Waals surface area contributed by atoms with E-state index in [9.17, 15) is 4.79 Å². The number of rotatable bonds is 5. The van der Waals surface area contributed by atoms with Crippen LogP contribution in [-0.4, -0.2) is 27.6 Å². The van der Waals surface area contributed by atoms with Crippen molar-refractivity contribution in [1.82, 2.24) is 9.97 Å². The molecule has 1 aromatic heterocycles. The Hall–Kier alpha value is -2.14. The van der Waals surface area contributed by atoms with Crippen molar-refractivity contribution in [2.75, 3.05) is 11.9 Å². The molecular formula is C13H12ClN3O2. The van der Waals surface area contributed by atoms with E-state index in [-0.39, 0.29) is 5.69 Å². The molecule has 5 nitrogen and oxygen atoms in total. The van der Waals surface area contributed by atoms with Crippen LogP contribution in [0.25, 0.3) is 0 Å². The zero-order valence-electron chi connectivity index (χ0n) is 10.0. The van der Waals surface area contributed by atoms with E-state index in [4.69, 9.17) is 16.7 Å². The first-order valence-corrected chi connectivity index (χ1v) is 6.06. The number of halogens is 1. The van der Waals surface area contributed by atoms with Gasteiger partial charge in [-0.1, -0.05) is 23.7 Å². The molecule has 0 atom stereocenters. The minimum atomic E-state index is -1.08. The highest BCUT2D eigenvalue weighted by Gasteiger charge is 2.04. The van der Waals surface area contributed by atoms with Gasteiger partial charge in [-0.25, -0.2) is 14.8 Å². The number of aromatic nitrogens is 2. The Morgan fingerprint density at radius 1 is 1.21 bits per heavy atom. The summed E-state index contributed by atoms with van der Waals surface area (Å²) >= 11 is 5.80. The predicted octanol–water partition coefficient (Wildman–Crippen LogP) is 2.48. The molecule has 2 aromatic rings. The van der Waals surface area contributed by atoms with Crippen molar-refractivity contribution in [3.8, 4) is 0 Å². The van der Waals surface area contributed by atoms with Gasteiger partial charge in [-0.2, -0.15) is 0 Å². The van der Waals surface area contributed by atoms with Crippen molar-refractivity contribution in [3.63, 3.8) is 0 Å². The third kappa shape index (κ3) is 3.93. The van der Waals surface area contributed by atoms with Crippen LogP contribution in [0.4, 0.5) is 5.82 Å². The Morgan fingerprint density at radius 3 is 2.53 bits per heavy atom. The minimum absolute atomic E-state index is 0.0664. The monoisotopic (exact) mass is 277 g/mol. The highest BCUT2D eigenvalue weighted by molar-refractivity contribution is 6.30. The van der Waals surface area contributed by atoms with Gasteiger partial charge in [0.15, 0.2) is 5.69 Å². The molecule has 0 spiro atoms. The molecule has 0 amide bonds. The third-order valence-electron chi connectivity index (χ3n) is 2.50. The van der Waals surface area contributed by atoms with Gasteiger partial charge in [0.05, 0.1) is 12.4 Å². The van der Waals surface area contributed by atoms with Gasteiger partial charge in [0, 0.05) is 11.6 Å². The Bertz CT molecular complexity index is 555. The average molecular weight is 278 g/mol. The Kier molecular flexibility index (Phi) is 4.30. The van der Waals surface area contributed by atoms with Gasteiger partial charge in [-0.15, -0.1) is 0 Å². The zero-order valence-corrected chi connectivity index (χ0v) is 10.8. The molecule has 98 valence electrons. The molecule has 19 heavy (non-hydrogen) atoms. The molecule has 2 N–H and O–H groups in total. The van der Waals surface area contributed by atoms with Crippen molar-refractivity contribution >= 4 is 23.4 Å². The number of hydrogen-bond acceptors (Lipinski definition) is 4. The van der Waals surface area contributed by atoms with Crippen LogP contribution in [0.1, 0.15) is 16.1 Å². The van der Waals surface area contributed by atoms with Crippen LogP contribution in [-0.2, 0) is 6.42 Å². The average Bonchev–Trinajstić information content (AvgIpc) is 2.41.